The van der Waals surface area contributed by atoms with Gasteiger partial charge in [0.1, 0.15) is 11.5 Å². The molecule has 0 fully saturated rings. The van der Waals surface area contributed by atoms with Gasteiger partial charge in [-0.1, -0.05) is 18.7 Å². The first-order chi connectivity index (χ1) is 18.1. The standard InChI is InChI=1S/C29H25N3O5/c1-2-28(33)36-18-4-3-17-35-26-15-11-25(12-16-26)29(34)37-27-13-9-24(10-14-27)21-32-31-20-23-7-5-22(19-30)6-8-23/h2,5-16,20-21H,1,3-4,17-18H2/b31-20+,32-21+. The first-order valence-corrected chi connectivity index (χ1v) is 11.5. The van der Waals surface area contributed by atoms with E-state index in [9.17, 15) is 9.59 Å². The van der Waals surface area contributed by atoms with Gasteiger partial charge in [-0.15, -0.1) is 0 Å². The minimum absolute atomic E-state index is 0.320. The molecule has 3 aromatic rings. The van der Waals surface area contributed by atoms with Gasteiger partial charge >= 0.3 is 11.9 Å². The van der Waals surface area contributed by atoms with Gasteiger partial charge in [-0.3, -0.25) is 0 Å². The van der Waals surface area contributed by atoms with Crippen molar-refractivity contribution < 1.29 is 23.8 Å². The lowest BCUT2D eigenvalue weighted by atomic mass is 10.2. The molecular weight excluding hydrogens is 470 g/mol. The summed E-state index contributed by atoms with van der Waals surface area (Å²) in [5, 5.41) is 16.8. The van der Waals surface area contributed by atoms with E-state index in [4.69, 9.17) is 19.5 Å². The minimum atomic E-state index is -0.482. The number of rotatable bonds is 12. The van der Waals surface area contributed by atoms with Crippen molar-refractivity contribution in [1.29, 1.82) is 5.26 Å². The number of esters is 2. The molecule has 0 aliphatic rings. The first kappa shape index (κ1) is 26.6. The van der Waals surface area contributed by atoms with Crippen molar-refractivity contribution in [2.75, 3.05) is 13.2 Å². The van der Waals surface area contributed by atoms with Crippen LogP contribution in [-0.2, 0) is 9.53 Å². The van der Waals surface area contributed by atoms with Gasteiger partial charge in [-0.2, -0.15) is 15.5 Å². The van der Waals surface area contributed by atoms with E-state index < -0.39 is 11.9 Å². The summed E-state index contributed by atoms with van der Waals surface area (Å²) in [4.78, 5) is 23.4. The fourth-order valence-electron chi connectivity index (χ4n) is 2.94. The van der Waals surface area contributed by atoms with Crippen molar-refractivity contribution in [1.82, 2.24) is 0 Å². The van der Waals surface area contributed by atoms with E-state index in [1.54, 1.807) is 85.2 Å². The van der Waals surface area contributed by atoms with Crippen molar-refractivity contribution in [3.8, 4) is 17.6 Å². The number of nitrogens with zero attached hydrogens (tertiary/aromatic N) is 3. The number of hydrogen-bond donors (Lipinski definition) is 0. The Balaban J connectivity index is 1.42. The molecular formula is C29H25N3O5. The number of carbonyl (C=O) groups excluding carboxylic acids is 2. The second-order valence-corrected chi connectivity index (χ2v) is 7.63. The third kappa shape index (κ3) is 9.26. The van der Waals surface area contributed by atoms with Gasteiger partial charge in [0.25, 0.3) is 0 Å². The van der Waals surface area contributed by atoms with Gasteiger partial charge in [0.2, 0.25) is 0 Å². The largest absolute Gasteiger partial charge is 0.494 e. The maximum Gasteiger partial charge on any atom is 0.343 e. The van der Waals surface area contributed by atoms with Crippen LogP contribution in [0.25, 0.3) is 0 Å². The highest BCUT2D eigenvalue weighted by Gasteiger charge is 2.09. The van der Waals surface area contributed by atoms with E-state index >= 15 is 0 Å². The van der Waals surface area contributed by atoms with Crippen molar-refractivity contribution in [2.45, 2.75) is 12.8 Å². The summed E-state index contributed by atoms with van der Waals surface area (Å²) in [6, 6.07) is 22.6. The van der Waals surface area contributed by atoms with Crippen LogP contribution in [0.4, 0.5) is 0 Å². The summed E-state index contributed by atoms with van der Waals surface area (Å²) in [7, 11) is 0. The molecule has 0 N–H and O–H groups in total. The van der Waals surface area contributed by atoms with Crippen LogP contribution in [0.3, 0.4) is 0 Å². The summed E-state index contributed by atoms with van der Waals surface area (Å²) in [5.41, 5.74) is 2.60. The van der Waals surface area contributed by atoms with Crippen LogP contribution < -0.4 is 9.47 Å². The van der Waals surface area contributed by atoms with E-state index in [0.29, 0.717) is 42.3 Å². The smallest absolute Gasteiger partial charge is 0.343 e. The Kier molecular flexibility index (Phi) is 10.3. The van der Waals surface area contributed by atoms with Gasteiger partial charge in [0.05, 0.1) is 42.8 Å². The van der Waals surface area contributed by atoms with Gasteiger partial charge in [0.15, 0.2) is 0 Å². The Morgan fingerprint density at radius 2 is 1.38 bits per heavy atom. The molecule has 8 nitrogen and oxygen atoms in total. The van der Waals surface area contributed by atoms with Crippen LogP contribution in [-0.4, -0.2) is 37.6 Å². The molecule has 3 rings (SSSR count). The highest BCUT2D eigenvalue weighted by atomic mass is 16.5. The van der Waals surface area contributed by atoms with E-state index in [2.05, 4.69) is 22.9 Å². The predicted molar refractivity (Wildman–Crippen MR) is 140 cm³/mol. The molecule has 3 aromatic carbocycles. The normalized spacial score (nSPS) is 10.7. The van der Waals surface area contributed by atoms with E-state index in [1.807, 2.05) is 0 Å². The number of nitriles is 1. The molecule has 186 valence electrons. The fraction of sp³-hybridized carbons (Fsp3) is 0.138. The van der Waals surface area contributed by atoms with Gasteiger partial charge in [-0.25, -0.2) is 9.59 Å². The maximum absolute atomic E-state index is 12.4. The molecule has 0 aromatic heterocycles. The van der Waals surface area contributed by atoms with Crippen LogP contribution >= 0.6 is 0 Å². The lowest BCUT2D eigenvalue weighted by Gasteiger charge is -2.08. The van der Waals surface area contributed by atoms with Crippen molar-refractivity contribution in [3.63, 3.8) is 0 Å². The summed E-state index contributed by atoms with van der Waals surface area (Å²) >= 11 is 0. The Morgan fingerprint density at radius 3 is 1.97 bits per heavy atom. The van der Waals surface area contributed by atoms with Crippen LogP contribution in [0.15, 0.2) is 95.7 Å². The zero-order valence-electron chi connectivity index (χ0n) is 20.1. The predicted octanol–water partition coefficient (Wildman–Crippen LogP) is 5.12. The highest BCUT2D eigenvalue weighted by Crippen LogP contribution is 2.17. The molecule has 0 radical (unpaired) electrons. The third-order valence-corrected chi connectivity index (χ3v) is 4.92. The molecule has 0 heterocycles. The Labute approximate surface area is 215 Å². The van der Waals surface area contributed by atoms with Gasteiger partial charge in [0, 0.05) is 6.08 Å². The Morgan fingerprint density at radius 1 is 0.811 bits per heavy atom. The van der Waals surface area contributed by atoms with E-state index in [1.165, 1.54) is 0 Å². The van der Waals surface area contributed by atoms with Crippen LogP contribution in [0.1, 0.15) is 39.9 Å². The van der Waals surface area contributed by atoms with Crippen molar-refractivity contribution >= 4 is 24.4 Å². The zero-order chi connectivity index (χ0) is 26.3. The van der Waals surface area contributed by atoms with Gasteiger partial charge in [-0.05, 0) is 84.6 Å². The monoisotopic (exact) mass is 495 g/mol. The fourth-order valence-corrected chi connectivity index (χ4v) is 2.94. The molecule has 0 saturated heterocycles. The lowest BCUT2D eigenvalue weighted by molar-refractivity contribution is -0.137. The van der Waals surface area contributed by atoms with E-state index in [-0.39, 0.29) is 0 Å². The summed E-state index contributed by atoms with van der Waals surface area (Å²) in [6.07, 6.45) is 5.71. The van der Waals surface area contributed by atoms with Gasteiger partial charge < -0.3 is 14.2 Å². The van der Waals surface area contributed by atoms with Crippen LogP contribution in [0.5, 0.6) is 11.5 Å². The first-order valence-electron chi connectivity index (χ1n) is 11.5. The van der Waals surface area contributed by atoms with Crippen molar-refractivity contribution in [3.05, 3.63) is 108 Å². The molecule has 0 bridgehead atoms. The molecule has 0 aliphatic carbocycles. The number of carbonyl (C=O) groups is 2. The third-order valence-electron chi connectivity index (χ3n) is 4.92. The molecule has 0 unspecified atom stereocenters. The topological polar surface area (TPSA) is 110 Å². The number of benzene rings is 3. The second-order valence-electron chi connectivity index (χ2n) is 7.63. The van der Waals surface area contributed by atoms with Crippen LogP contribution in [0, 0.1) is 11.3 Å². The number of unbranched alkanes of at least 4 members (excludes halogenated alkanes) is 1. The number of ether oxygens (including phenoxy) is 3. The second kappa shape index (κ2) is 14.4. The SMILES string of the molecule is C=CC(=O)OCCCCOc1ccc(C(=O)Oc2ccc(/C=N/N=C/c3ccc(C#N)cc3)cc2)cc1. The summed E-state index contributed by atoms with van der Waals surface area (Å²) < 4.78 is 16.0. The van der Waals surface area contributed by atoms with E-state index in [0.717, 1.165) is 23.6 Å². The maximum atomic E-state index is 12.4. The van der Waals surface area contributed by atoms with Crippen LogP contribution in [0.2, 0.25) is 0 Å². The molecule has 0 spiro atoms. The molecule has 0 atom stereocenters. The Hall–Kier alpha value is -5.03. The Bertz CT molecular complexity index is 1290. The molecule has 0 amide bonds. The molecule has 37 heavy (non-hydrogen) atoms. The summed E-state index contributed by atoms with van der Waals surface area (Å²) in [6.45, 7) is 4.12. The molecule has 0 aliphatic heterocycles. The average molecular weight is 496 g/mol. The zero-order valence-corrected chi connectivity index (χ0v) is 20.1. The van der Waals surface area contributed by atoms with Crippen molar-refractivity contribution in [2.24, 2.45) is 10.2 Å². The quantitative estimate of drug-likeness (QED) is 0.0861. The number of hydrogen-bond acceptors (Lipinski definition) is 8. The highest BCUT2D eigenvalue weighted by molar-refractivity contribution is 5.91. The molecule has 8 heteroatoms. The molecule has 0 saturated carbocycles. The minimum Gasteiger partial charge on any atom is -0.494 e. The summed E-state index contributed by atoms with van der Waals surface area (Å²) in [5.74, 6) is 0.116. The lowest BCUT2D eigenvalue weighted by Crippen LogP contribution is -2.08. The average Bonchev–Trinajstić information content (AvgIpc) is 2.94.